The Kier molecular flexibility index (Phi) is 6.27. The van der Waals surface area contributed by atoms with Gasteiger partial charge in [-0.05, 0) is 45.4 Å². The summed E-state index contributed by atoms with van der Waals surface area (Å²) in [5, 5.41) is -0.853. The van der Waals surface area contributed by atoms with Crippen molar-refractivity contribution in [1.82, 2.24) is 20.0 Å². The van der Waals surface area contributed by atoms with Crippen LogP contribution < -0.4 is 10.2 Å². The van der Waals surface area contributed by atoms with Crippen molar-refractivity contribution in [1.29, 1.82) is 0 Å². The van der Waals surface area contributed by atoms with E-state index in [4.69, 9.17) is 4.84 Å². The average Bonchev–Trinajstić information content (AvgIpc) is 3.38. The number of fused-ring (bicyclic) bond motifs is 1. The number of hydroxylamine groups is 1. The lowest BCUT2D eigenvalue weighted by atomic mass is 9.80. The number of hydrogen-bond donors (Lipinski definition) is 2. The fourth-order valence-corrected chi connectivity index (χ4v) is 6.90. The van der Waals surface area contributed by atoms with Gasteiger partial charge in [-0.15, -0.1) is 0 Å². The van der Waals surface area contributed by atoms with E-state index in [2.05, 4.69) is 10.2 Å². The molecule has 0 radical (unpaired) electrons. The van der Waals surface area contributed by atoms with Gasteiger partial charge in [0.1, 0.15) is 13.3 Å². The zero-order chi connectivity index (χ0) is 22.4. The first kappa shape index (κ1) is 22.8. The normalized spacial score (nSPS) is 35.4. The number of alkyl halides is 2. The number of carbonyl (C=O) groups excluding carboxylic acids is 2. The van der Waals surface area contributed by atoms with Crippen LogP contribution in [0.15, 0.2) is 0 Å². The molecular formula is C19H30F2N4O5S. The number of hydrogen-bond acceptors (Lipinski definition) is 6. The van der Waals surface area contributed by atoms with Crippen molar-refractivity contribution >= 4 is 22.0 Å². The fraction of sp³-hybridized carbons (Fsp3) is 0.895. The van der Waals surface area contributed by atoms with Gasteiger partial charge < -0.3 is 4.90 Å². The summed E-state index contributed by atoms with van der Waals surface area (Å²) in [6.45, 7) is 0.285. The second-order valence-corrected chi connectivity index (χ2v) is 11.2. The van der Waals surface area contributed by atoms with Gasteiger partial charge in [0.15, 0.2) is 0 Å². The fourth-order valence-electron chi connectivity index (χ4n) is 4.97. The van der Waals surface area contributed by atoms with Crippen LogP contribution in [0.4, 0.5) is 13.6 Å². The first-order valence-corrected chi connectivity index (χ1v) is 12.4. The Bertz CT molecular complexity index is 824. The molecule has 2 saturated carbocycles. The van der Waals surface area contributed by atoms with Gasteiger partial charge in [-0.2, -0.15) is 5.48 Å². The van der Waals surface area contributed by atoms with Gasteiger partial charge in [-0.1, -0.05) is 0 Å². The molecule has 2 aliphatic carbocycles. The molecule has 2 N–H and O–H groups in total. The number of urea groups is 1. The van der Waals surface area contributed by atoms with Crippen LogP contribution in [0.1, 0.15) is 45.4 Å². The Morgan fingerprint density at radius 1 is 1.23 bits per heavy atom. The SMILES string of the molecule is CC1CC(CN2C(=O)C3CC(S(=O)(=O)NC4(CF)CC4)CCC3N(CCF)C2=O)ON1. The zero-order valence-corrected chi connectivity index (χ0v) is 18.4. The first-order valence-electron chi connectivity index (χ1n) is 10.9. The molecule has 176 valence electrons. The van der Waals surface area contributed by atoms with Gasteiger partial charge in [0.05, 0.1) is 35.9 Å². The summed E-state index contributed by atoms with van der Waals surface area (Å²) in [4.78, 5) is 34.1. The molecule has 12 heteroatoms. The first-order chi connectivity index (χ1) is 14.7. The van der Waals surface area contributed by atoms with E-state index in [0.29, 0.717) is 19.3 Å². The van der Waals surface area contributed by atoms with E-state index in [9.17, 15) is 26.8 Å². The van der Waals surface area contributed by atoms with Crippen LogP contribution in [-0.2, 0) is 19.7 Å². The second-order valence-electron chi connectivity index (χ2n) is 9.28. The Morgan fingerprint density at radius 2 is 1.97 bits per heavy atom. The van der Waals surface area contributed by atoms with Gasteiger partial charge >= 0.3 is 6.03 Å². The molecule has 4 fully saturated rings. The van der Waals surface area contributed by atoms with Gasteiger partial charge in [0.2, 0.25) is 15.9 Å². The van der Waals surface area contributed by atoms with E-state index in [1.165, 1.54) is 4.90 Å². The minimum Gasteiger partial charge on any atom is -0.318 e. The zero-order valence-electron chi connectivity index (χ0n) is 17.6. The third-order valence-electron chi connectivity index (χ3n) is 6.90. The third-order valence-corrected chi connectivity index (χ3v) is 8.92. The molecule has 0 aromatic carbocycles. The van der Waals surface area contributed by atoms with Crippen LogP contribution >= 0.6 is 0 Å². The molecule has 31 heavy (non-hydrogen) atoms. The smallest absolute Gasteiger partial charge is 0.318 e. The predicted molar refractivity (Wildman–Crippen MR) is 107 cm³/mol. The van der Waals surface area contributed by atoms with Crippen molar-refractivity contribution in [2.75, 3.05) is 26.4 Å². The highest BCUT2D eigenvalue weighted by Gasteiger charge is 2.53. The van der Waals surface area contributed by atoms with Gasteiger partial charge in [0, 0.05) is 12.1 Å². The number of carbonyl (C=O) groups is 2. The topological polar surface area (TPSA) is 108 Å². The number of imide groups is 1. The van der Waals surface area contributed by atoms with E-state index in [1.54, 1.807) is 0 Å². The number of halogens is 2. The minimum atomic E-state index is -3.83. The largest absolute Gasteiger partial charge is 0.327 e. The molecular weight excluding hydrogens is 434 g/mol. The number of rotatable bonds is 8. The van der Waals surface area contributed by atoms with Crippen LogP contribution in [0.5, 0.6) is 0 Å². The monoisotopic (exact) mass is 464 g/mol. The molecule has 3 amide bonds. The summed E-state index contributed by atoms with van der Waals surface area (Å²) in [5.74, 6) is -1.19. The number of sulfonamides is 1. The molecule has 0 aromatic heterocycles. The minimum absolute atomic E-state index is 0.0218. The van der Waals surface area contributed by atoms with Gasteiger partial charge in [-0.3, -0.25) is 14.5 Å². The van der Waals surface area contributed by atoms with Crippen LogP contribution in [0.25, 0.3) is 0 Å². The Labute approximate surface area is 180 Å². The average molecular weight is 465 g/mol. The molecule has 2 heterocycles. The molecule has 9 nitrogen and oxygen atoms in total. The molecule has 2 aliphatic heterocycles. The highest BCUT2D eigenvalue weighted by atomic mass is 32.2. The van der Waals surface area contributed by atoms with E-state index in [1.807, 2.05) is 6.92 Å². The van der Waals surface area contributed by atoms with Crippen LogP contribution in [0.2, 0.25) is 0 Å². The highest BCUT2D eigenvalue weighted by molar-refractivity contribution is 7.90. The molecule has 2 saturated heterocycles. The maximum atomic E-state index is 13.2. The van der Waals surface area contributed by atoms with Gasteiger partial charge in [0.25, 0.3) is 0 Å². The molecule has 5 atom stereocenters. The van der Waals surface area contributed by atoms with E-state index in [-0.39, 0.29) is 44.5 Å². The Balaban J connectivity index is 1.52. The van der Waals surface area contributed by atoms with Crippen molar-refractivity contribution in [2.45, 2.75) is 74.4 Å². The molecule has 0 aromatic rings. The summed E-state index contributed by atoms with van der Waals surface area (Å²) in [6.07, 6.45) is 1.68. The number of nitrogens with one attached hydrogen (secondary N) is 2. The molecule has 0 spiro atoms. The molecule has 5 unspecified atom stereocenters. The number of nitrogens with zero attached hydrogens (tertiary/aromatic N) is 2. The molecule has 4 aliphatic rings. The lowest BCUT2D eigenvalue weighted by Gasteiger charge is -2.48. The van der Waals surface area contributed by atoms with Crippen LogP contribution in [0.3, 0.4) is 0 Å². The van der Waals surface area contributed by atoms with Crippen molar-refractivity contribution < 1.29 is 31.6 Å². The van der Waals surface area contributed by atoms with Crippen molar-refractivity contribution in [2.24, 2.45) is 5.92 Å². The highest BCUT2D eigenvalue weighted by Crippen LogP contribution is 2.40. The Hall–Kier alpha value is -1.37. The quantitative estimate of drug-likeness (QED) is 0.552. The van der Waals surface area contributed by atoms with Crippen molar-refractivity contribution in [3.63, 3.8) is 0 Å². The third kappa shape index (κ3) is 4.44. The second kappa shape index (κ2) is 8.53. The summed E-state index contributed by atoms with van der Waals surface area (Å²) in [6, 6.07) is -1.01. The van der Waals surface area contributed by atoms with Crippen LogP contribution in [-0.4, -0.2) is 85.6 Å². The van der Waals surface area contributed by atoms with Crippen molar-refractivity contribution in [3.8, 4) is 0 Å². The lowest BCUT2D eigenvalue weighted by molar-refractivity contribution is -0.142. The van der Waals surface area contributed by atoms with E-state index >= 15 is 0 Å². The summed E-state index contributed by atoms with van der Waals surface area (Å²) in [7, 11) is -3.83. The number of amides is 3. The van der Waals surface area contributed by atoms with E-state index in [0.717, 1.165) is 4.90 Å². The Morgan fingerprint density at radius 3 is 2.55 bits per heavy atom. The molecule has 0 bridgehead atoms. The van der Waals surface area contributed by atoms with E-state index < -0.39 is 58.1 Å². The van der Waals surface area contributed by atoms with Gasteiger partial charge in [-0.25, -0.2) is 26.7 Å². The molecule has 4 rings (SSSR count). The maximum absolute atomic E-state index is 13.2. The van der Waals surface area contributed by atoms with Crippen molar-refractivity contribution in [3.05, 3.63) is 0 Å². The van der Waals surface area contributed by atoms with Crippen LogP contribution in [0, 0.1) is 5.92 Å². The summed E-state index contributed by atoms with van der Waals surface area (Å²) >= 11 is 0. The summed E-state index contributed by atoms with van der Waals surface area (Å²) in [5.41, 5.74) is 1.80. The lowest BCUT2D eigenvalue weighted by Crippen LogP contribution is -2.65. The predicted octanol–water partition coefficient (Wildman–Crippen LogP) is 0.861. The standard InChI is InChI=1S/C19H30F2N4O5S/c1-12-8-13(30-22-12)10-25-17(26)15-9-14(31(28,29)23-19(11-21)4-5-19)2-3-16(15)24(7-6-20)18(25)27/h12-16,22-23H,2-11H2,1H3. The summed E-state index contributed by atoms with van der Waals surface area (Å²) < 4.78 is 54.7. The maximum Gasteiger partial charge on any atom is 0.327 e.